The van der Waals surface area contributed by atoms with E-state index in [9.17, 15) is 14.7 Å². The van der Waals surface area contributed by atoms with Gasteiger partial charge >= 0.3 is 11.8 Å². The largest absolute Gasteiger partial charge is 0.506 e. The van der Waals surface area contributed by atoms with Crippen LogP contribution in [0.5, 0.6) is 5.75 Å². The smallest absolute Gasteiger partial charge is 0.313 e. The number of rotatable bonds is 2. The van der Waals surface area contributed by atoms with Crippen molar-refractivity contribution in [2.75, 3.05) is 5.32 Å². The predicted molar refractivity (Wildman–Crippen MR) is 81.0 cm³/mol. The second-order valence-electron chi connectivity index (χ2n) is 5.82. The molecule has 1 aliphatic rings. The van der Waals surface area contributed by atoms with E-state index in [1.54, 1.807) is 12.1 Å². The van der Waals surface area contributed by atoms with Crippen LogP contribution in [0.4, 0.5) is 5.69 Å². The Morgan fingerprint density at radius 3 is 2.57 bits per heavy atom. The molecule has 5 heteroatoms. The molecule has 21 heavy (non-hydrogen) atoms. The molecule has 1 aromatic rings. The van der Waals surface area contributed by atoms with E-state index in [1.807, 2.05) is 6.92 Å². The Hall–Kier alpha value is -2.04. The fourth-order valence-electron chi connectivity index (χ4n) is 2.69. The Kier molecular flexibility index (Phi) is 4.83. The molecule has 0 aromatic heterocycles. The Morgan fingerprint density at radius 2 is 1.90 bits per heavy atom. The Morgan fingerprint density at radius 1 is 1.19 bits per heavy atom. The zero-order valence-electron chi connectivity index (χ0n) is 12.5. The molecule has 1 aliphatic carbocycles. The minimum absolute atomic E-state index is 0.0396. The first-order valence-electron chi connectivity index (χ1n) is 7.39. The van der Waals surface area contributed by atoms with Gasteiger partial charge in [-0.2, -0.15) is 0 Å². The van der Waals surface area contributed by atoms with Crippen LogP contribution in [0.3, 0.4) is 0 Å². The molecule has 2 unspecified atom stereocenters. The number of anilines is 1. The average molecular weight is 290 g/mol. The minimum Gasteiger partial charge on any atom is -0.506 e. The summed E-state index contributed by atoms with van der Waals surface area (Å²) in [5, 5.41) is 15.0. The van der Waals surface area contributed by atoms with Crippen molar-refractivity contribution in [1.29, 1.82) is 0 Å². The van der Waals surface area contributed by atoms with Crippen LogP contribution < -0.4 is 10.6 Å². The van der Waals surface area contributed by atoms with Gasteiger partial charge < -0.3 is 15.7 Å². The number of benzene rings is 1. The van der Waals surface area contributed by atoms with Crippen LogP contribution in [0, 0.1) is 12.8 Å². The number of carbonyl (C=O) groups excluding carboxylic acids is 2. The maximum Gasteiger partial charge on any atom is 0.313 e. The SMILES string of the molecule is Cc1ccc(NC(=O)C(=O)NC2CCCCC2C)c(O)c1. The Bertz CT molecular complexity index is 542. The molecule has 1 saturated carbocycles. The van der Waals surface area contributed by atoms with Gasteiger partial charge in [0.1, 0.15) is 5.75 Å². The van der Waals surface area contributed by atoms with E-state index in [-0.39, 0.29) is 17.5 Å². The van der Waals surface area contributed by atoms with E-state index in [2.05, 4.69) is 17.6 Å². The van der Waals surface area contributed by atoms with Gasteiger partial charge in [-0.05, 0) is 43.4 Å². The van der Waals surface area contributed by atoms with Crippen molar-refractivity contribution < 1.29 is 14.7 Å². The fourth-order valence-corrected chi connectivity index (χ4v) is 2.69. The van der Waals surface area contributed by atoms with Gasteiger partial charge in [-0.3, -0.25) is 9.59 Å². The molecule has 114 valence electrons. The summed E-state index contributed by atoms with van der Waals surface area (Å²) >= 11 is 0. The van der Waals surface area contributed by atoms with E-state index in [1.165, 1.54) is 12.5 Å². The Labute approximate surface area is 124 Å². The van der Waals surface area contributed by atoms with Gasteiger partial charge in [0.15, 0.2) is 0 Å². The van der Waals surface area contributed by atoms with E-state index in [4.69, 9.17) is 0 Å². The van der Waals surface area contributed by atoms with Gasteiger partial charge in [-0.15, -0.1) is 0 Å². The van der Waals surface area contributed by atoms with Crippen LogP contribution in [0.2, 0.25) is 0 Å². The maximum atomic E-state index is 11.9. The molecule has 2 atom stereocenters. The molecule has 0 bridgehead atoms. The zero-order chi connectivity index (χ0) is 15.4. The standard InChI is InChI=1S/C16H22N2O3/c1-10-7-8-13(14(19)9-10)18-16(21)15(20)17-12-6-4-3-5-11(12)2/h7-9,11-12,19H,3-6H2,1-2H3,(H,17,20)(H,18,21). The minimum atomic E-state index is -0.744. The number of aryl methyl sites for hydroxylation is 1. The fraction of sp³-hybridized carbons (Fsp3) is 0.500. The van der Waals surface area contributed by atoms with E-state index in [0.717, 1.165) is 24.8 Å². The van der Waals surface area contributed by atoms with Gasteiger partial charge in [0.25, 0.3) is 0 Å². The summed E-state index contributed by atoms with van der Waals surface area (Å²) in [6.45, 7) is 3.93. The quantitative estimate of drug-likeness (QED) is 0.578. The second-order valence-corrected chi connectivity index (χ2v) is 5.82. The highest BCUT2D eigenvalue weighted by molar-refractivity contribution is 6.39. The van der Waals surface area contributed by atoms with Gasteiger partial charge in [-0.25, -0.2) is 0 Å². The summed E-state index contributed by atoms with van der Waals surface area (Å²) in [7, 11) is 0. The van der Waals surface area contributed by atoms with Crippen LogP contribution in [-0.4, -0.2) is 23.0 Å². The number of hydrogen-bond donors (Lipinski definition) is 3. The van der Waals surface area contributed by atoms with Crippen molar-refractivity contribution in [3.63, 3.8) is 0 Å². The highest BCUT2D eigenvalue weighted by atomic mass is 16.3. The lowest BCUT2D eigenvalue weighted by Gasteiger charge is -2.29. The third-order valence-corrected chi connectivity index (χ3v) is 4.04. The Balaban J connectivity index is 1.94. The van der Waals surface area contributed by atoms with Crippen LogP contribution in [0.15, 0.2) is 18.2 Å². The van der Waals surface area contributed by atoms with Gasteiger partial charge in [0.2, 0.25) is 0 Å². The number of carbonyl (C=O) groups is 2. The molecule has 0 aliphatic heterocycles. The first kappa shape index (κ1) is 15.4. The van der Waals surface area contributed by atoms with Gasteiger partial charge in [-0.1, -0.05) is 25.8 Å². The van der Waals surface area contributed by atoms with E-state index in [0.29, 0.717) is 5.92 Å². The van der Waals surface area contributed by atoms with Crippen molar-refractivity contribution in [3.05, 3.63) is 23.8 Å². The molecule has 0 heterocycles. The molecule has 1 aromatic carbocycles. The van der Waals surface area contributed by atoms with E-state index >= 15 is 0 Å². The lowest BCUT2D eigenvalue weighted by molar-refractivity contribution is -0.137. The van der Waals surface area contributed by atoms with Crippen LogP contribution in [0.25, 0.3) is 0 Å². The summed E-state index contributed by atoms with van der Waals surface area (Å²) in [5.74, 6) is -1.04. The van der Waals surface area contributed by atoms with E-state index < -0.39 is 11.8 Å². The van der Waals surface area contributed by atoms with Crippen molar-refractivity contribution >= 4 is 17.5 Å². The van der Waals surface area contributed by atoms with Gasteiger partial charge in [0, 0.05) is 6.04 Å². The first-order chi connectivity index (χ1) is 9.97. The summed E-state index contributed by atoms with van der Waals surface area (Å²) in [6.07, 6.45) is 4.24. The van der Waals surface area contributed by atoms with Crippen LogP contribution >= 0.6 is 0 Å². The molecular formula is C16H22N2O3. The average Bonchev–Trinajstić information content (AvgIpc) is 2.44. The predicted octanol–water partition coefficient (Wildman–Crippen LogP) is 2.33. The molecule has 0 radical (unpaired) electrons. The summed E-state index contributed by atoms with van der Waals surface area (Å²) in [6, 6.07) is 4.94. The van der Waals surface area contributed by atoms with Crippen LogP contribution in [0.1, 0.15) is 38.2 Å². The highest BCUT2D eigenvalue weighted by Crippen LogP contribution is 2.25. The molecule has 3 N–H and O–H groups in total. The number of phenols is 1. The third-order valence-electron chi connectivity index (χ3n) is 4.04. The summed E-state index contributed by atoms with van der Waals surface area (Å²) in [4.78, 5) is 23.8. The molecular weight excluding hydrogens is 268 g/mol. The third kappa shape index (κ3) is 3.97. The zero-order valence-corrected chi connectivity index (χ0v) is 12.5. The topological polar surface area (TPSA) is 78.4 Å². The second kappa shape index (κ2) is 6.61. The molecule has 2 amide bonds. The van der Waals surface area contributed by atoms with Crippen molar-refractivity contribution in [3.8, 4) is 5.75 Å². The van der Waals surface area contributed by atoms with Crippen LogP contribution in [-0.2, 0) is 9.59 Å². The maximum absolute atomic E-state index is 11.9. The number of phenolic OH excluding ortho intramolecular Hbond substituents is 1. The normalized spacial score (nSPS) is 21.6. The molecule has 0 saturated heterocycles. The lowest BCUT2D eigenvalue weighted by atomic mass is 9.86. The number of amides is 2. The first-order valence-corrected chi connectivity index (χ1v) is 7.39. The molecule has 0 spiro atoms. The summed E-state index contributed by atoms with van der Waals surface area (Å²) in [5.41, 5.74) is 1.13. The number of nitrogens with one attached hydrogen (secondary N) is 2. The summed E-state index contributed by atoms with van der Waals surface area (Å²) < 4.78 is 0. The lowest BCUT2D eigenvalue weighted by Crippen LogP contribution is -2.45. The molecule has 1 fully saturated rings. The number of aromatic hydroxyl groups is 1. The van der Waals surface area contributed by atoms with Crippen molar-refractivity contribution in [1.82, 2.24) is 5.32 Å². The van der Waals surface area contributed by atoms with Gasteiger partial charge in [0.05, 0.1) is 5.69 Å². The molecule has 2 rings (SSSR count). The van der Waals surface area contributed by atoms with Crippen molar-refractivity contribution in [2.24, 2.45) is 5.92 Å². The molecule has 5 nitrogen and oxygen atoms in total. The van der Waals surface area contributed by atoms with Crippen molar-refractivity contribution in [2.45, 2.75) is 45.6 Å². The number of hydrogen-bond acceptors (Lipinski definition) is 3. The highest BCUT2D eigenvalue weighted by Gasteiger charge is 2.25. The monoisotopic (exact) mass is 290 g/mol.